The van der Waals surface area contributed by atoms with E-state index in [-0.39, 0.29) is 29.4 Å². The van der Waals surface area contributed by atoms with E-state index >= 15 is 0 Å². The van der Waals surface area contributed by atoms with Crippen LogP contribution in [0.1, 0.15) is 23.0 Å². The van der Waals surface area contributed by atoms with E-state index in [0.717, 1.165) is 5.69 Å². The van der Waals surface area contributed by atoms with Crippen molar-refractivity contribution in [3.05, 3.63) is 52.1 Å². The zero-order chi connectivity index (χ0) is 15.2. The number of anilines is 1. The summed E-state index contributed by atoms with van der Waals surface area (Å²) in [4.78, 5) is 29.4. The predicted octanol–water partition coefficient (Wildman–Crippen LogP) is 1.68. The molecule has 2 aromatic rings. The molecule has 3 N–H and O–H groups in total. The maximum absolute atomic E-state index is 12.2. The number of amides is 1. The fourth-order valence-corrected chi connectivity index (χ4v) is 1.90. The van der Waals surface area contributed by atoms with Crippen molar-refractivity contribution in [3.63, 3.8) is 0 Å². The molecule has 0 atom stereocenters. The molecule has 21 heavy (non-hydrogen) atoms. The second-order valence-electron chi connectivity index (χ2n) is 4.25. The van der Waals surface area contributed by atoms with E-state index in [4.69, 9.17) is 0 Å². The number of hydrogen-bond acceptors (Lipinski definition) is 5. The van der Waals surface area contributed by atoms with Crippen LogP contribution in [0.2, 0.25) is 0 Å². The molecule has 2 rings (SSSR count). The van der Waals surface area contributed by atoms with Gasteiger partial charge in [-0.1, -0.05) is 6.07 Å². The highest BCUT2D eigenvalue weighted by atomic mass is 16.6. The van der Waals surface area contributed by atoms with E-state index < -0.39 is 4.92 Å². The van der Waals surface area contributed by atoms with Crippen LogP contribution in [0.15, 0.2) is 30.7 Å². The number of benzene rings is 1. The second-order valence-corrected chi connectivity index (χ2v) is 4.25. The lowest BCUT2D eigenvalue weighted by Crippen LogP contribution is -2.24. The Morgan fingerprint density at radius 1 is 1.48 bits per heavy atom. The first-order valence-electron chi connectivity index (χ1n) is 6.40. The Kier molecular flexibility index (Phi) is 4.50. The van der Waals surface area contributed by atoms with Crippen LogP contribution >= 0.6 is 0 Å². The first kappa shape index (κ1) is 14.5. The summed E-state index contributed by atoms with van der Waals surface area (Å²) in [5, 5.41) is 16.6. The Labute approximate surface area is 120 Å². The molecule has 0 aliphatic rings. The maximum atomic E-state index is 12.2. The lowest BCUT2D eigenvalue weighted by atomic mass is 10.1. The third-order valence-corrected chi connectivity index (χ3v) is 2.83. The average molecular weight is 289 g/mol. The van der Waals surface area contributed by atoms with Crippen LogP contribution in [-0.2, 0) is 6.54 Å². The minimum absolute atomic E-state index is 0.119. The topological polar surface area (TPSA) is 113 Å². The number of nitro benzene ring substituents is 1. The SMILES string of the molecule is CCNc1c(C(=O)NCc2cnc[nH]2)cccc1[N+](=O)[O-]. The molecule has 1 heterocycles. The average Bonchev–Trinajstić information content (AvgIpc) is 2.98. The van der Waals surface area contributed by atoms with Crippen LogP contribution in [0, 0.1) is 10.1 Å². The molecule has 0 spiro atoms. The van der Waals surface area contributed by atoms with E-state index in [1.807, 2.05) is 6.92 Å². The fourth-order valence-electron chi connectivity index (χ4n) is 1.90. The van der Waals surface area contributed by atoms with Gasteiger partial charge in [0.05, 0.1) is 29.1 Å². The highest BCUT2D eigenvalue weighted by molar-refractivity contribution is 6.01. The van der Waals surface area contributed by atoms with Gasteiger partial charge in [0.25, 0.3) is 11.6 Å². The van der Waals surface area contributed by atoms with Gasteiger partial charge in [0.15, 0.2) is 0 Å². The molecule has 8 heteroatoms. The number of H-pyrrole nitrogens is 1. The minimum atomic E-state index is -0.510. The van der Waals surface area contributed by atoms with E-state index in [2.05, 4.69) is 20.6 Å². The van der Waals surface area contributed by atoms with Crippen molar-refractivity contribution < 1.29 is 9.72 Å². The second kappa shape index (κ2) is 6.51. The highest BCUT2D eigenvalue weighted by Crippen LogP contribution is 2.28. The molecule has 0 aliphatic carbocycles. The zero-order valence-electron chi connectivity index (χ0n) is 11.4. The van der Waals surface area contributed by atoms with Gasteiger partial charge in [0.2, 0.25) is 0 Å². The summed E-state index contributed by atoms with van der Waals surface area (Å²) in [6.45, 7) is 2.56. The van der Waals surface area contributed by atoms with Gasteiger partial charge in [-0.3, -0.25) is 14.9 Å². The van der Waals surface area contributed by atoms with E-state index in [1.54, 1.807) is 12.3 Å². The summed E-state index contributed by atoms with van der Waals surface area (Å²) >= 11 is 0. The number of imidazole rings is 1. The molecule has 8 nitrogen and oxygen atoms in total. The predicted molar refractivity (Wildman–Crippen MR) is 77.0 cm³/mol. The van der Waals surface area contributed by atoms with Crippen molar-refractivity contribution in [1.82, 2.24) is 15.3 Å². The van der Waals surface area contributed by atoms with Crippen molar-refractivity contribution in [2.45, 2.75) is 13.5 Å². The van der Waals surface area contributed by atoms with Crippen LogP contribution in [0.25, 0.3) is 0 Å². The summed E-state index contributed by atoms with van der Waals surface area (Å²) in [5.74, 6) is -0.385. The summed E-state index contributed by atoms with van der Waals surface area (Å²) < 4.78 is 0. The first-order chi connectivity index (χ1) is 10.1. The monoisotopic (exact) mass is 289 g/mol. The van der Waals surface area contributed by atoms with Crippen molar-refractivity contribution >= 4 is 17.3 Å². The molecular weight excluding hydrogens is 274 g/mol. The number of nitro groups is 1. The number of hydrogen-bond donors (Lipinski definition) is 3. The number of nitrogens with zero attached hydrogens (tertiary/aromatic N) is 2. The zero-order valence-corrected chi connectivity index (χ0v) is 11.4. The van der Waals surface area contributed by atoms with Gasteiger partial charge in [-0.15, -0.1) is 0 Å². The Bertz CT molecular complexity index is 639. The Hall–Kier alpha value is -2.90. The first-order valence-corrected chi connectivity index (χ1v) is 6.40. The van der Waals surface area contributed by atoms with Gasteiger partial charge in [-0.2, -0.15) is 0 Å². The number of para-hydroxylation sites is 1. The number of rotatable bonds is 6. The summed E-state index contributed by atoms with van der Waals surface area (Å²) in [7, 11) is 0. The van der Waals surface area contributed by atoms with Crippen LogP contribution < -0.4 is 10.6 Å². The van der Waals surface area contributed by atoms with Crippen molar-refractivity contribution in [1.29, 1.82) is 0 Å². The van der Waals surface area contributed by atoms with Gasteiger partial charge in [-0.25, -0.2) is 4.98 Å². The van der Waals surface area contributed by atoms with E-state index in [0.29, 0.717) is 6.54 Å². The molecule has 0 fully saturated rings. The molecule has 0 aliphatic heterocycles. The van der Waals surface area contributed by atoms with Crippen molar-refractivity contribution in [3.8, 4) is 0 Å². The molecule has 0 bridgehead atoms. The normalized spacial score (nSPS) is 10.1. The molecule has 1 amide bonds. The number of aromatic nitrogens is 2. The van der Waals surface area contributed by atoms with Crippen LogP contribution in [0.4, 0.5) is 11.4 Å². The quantitative estimate of drug-likeness (QED) is 0.553. The van der Waals surface area contributed by atoms with Crippen LogP contribution in [-0.4, -0.2) is 27.3 Å². The molecule has 1 aromatic carbocycles. The van der Waals surface area contributed by atoms with Crippen molar-refractivity contribution in [2.75, 3.05) is 11.9 Å². The minimum Gasteiger partial charge on any atom is -0.379 e. The summed E-state index contributed by atoms with van der Waals surface area (Å²) in [6.07, 6.45) is 3.11. The number of nitrogens with one attached hydrogen (secondary N) is 3. The number of aromatic amines is 1. The van der Waals surface area contributed by atoms with Crippen LogP contribution in [0.3, 0.4) is 0 Å². The van der Waals surface area contributed by atoms with Gasteiger partial charge >= 0.3 is 0 Å². The van der Waals surface area contributed by atoms with E-state index in [1.165, 1.54) is 18.5 Å². The lowest BCUT2D eigenvalue weighted by molar-refractivity contribution is -0.384. The highest BCUT2D eigenvalue weighted by Gasteiger charge is 2.20. The Morgan fingerprint density at radius 3 is 2.90 bits per heavy atom. The fraction of sp³-hybridized carbons (Fsp3) is 0.231. The smallest absolute Gasteiger partial charge is 0.293 e. The van der Waals surface area contributed by atoms with E-state index in [9.17, 15) is 14.9 Å². The van der Waals surface area contributed by atoms with Crippen molar-refractivity contribution in [2.24, 2.45) is 0 Å². The molecule has 0 unspecified atom stereocenters. The van der Waals surface area contributed by atoms with Gasteiger partial charge < -0.3 is 15.6 Å². The number of carbonyl (C=O) groups is 1. The van der Waals surface area contributed by atoms with Gasteiger partial charge in [-0.05, 0) is 13.0 Å². The molecule has 0 saturated carbocycles. The third-order valence-electron chi connectivity index (χ3n) is 2.83. The molecular formula is C13H15N5O3. The molecule has 0 radical (unpaired) electrons. The lowest BCUT2D eigenvalue weighted by Gasteiger charge is -2.11. The Morgan fingerprint density at radius 2 is 2.29 bits per heavy atom. The standard InChI is InChI=1S/C13H15N5O3/c1-2-15-12-10(4-3-5-11(12)18(20)21)13(19)16-7-9-6-14-8-17-9/h3-6,8,15H,2,7H2,1H3,(H,14,17)(H,16,19). The summed E-state index contributed by atoms with van der Waals surface area (Å²) in [6, 6.07) is 4.40. The molecule has 1 aromatic heterocycles. The Balaban J connectivity index is 2.23. The van der Waals surface area contributed by atoms with Gasteiger partial charge in [0, 0.05) is 18.8 Å². The third kappa shape index (κ3) is 3.35. The van der Waals surface area contributed by atoms with Crippen LogP contribution in [0.5, 0.6) is 0 Å². The van der Waals surface area contributed by atoms with Gasteiger partial charge in [0.1, 0.15) is 5.69 Å². The molecule has 0 saturated heterocycles. The summed E-state index contributed by atoms with van der Waals surface area (Å²) in [5.41, 5.74) is 1.10. The molecule has 110 valence electrons. The number of carbonyl (C=O) groups excluding carboxylic acids is 1. The largest absolute Gasteiger partial charge is 0.379 e. The maximum Gasteiger partial charge on any atom is 0.293 e.